The van der Waals surface area contributed by atoms with Gasteiger partial charge in [-0.15, -0.1) is 11.3 Å². The van der Waals surface area contributed by atoms with Gasteiger partial charge in [0.1, 0.15) is 16.7 Å². The van der Waals surface area contributed by atoms with Crippen LogP contribution >= 0.6 is 11.3 Å². The van der Waals surface area contributed by atoms with Crippen LogP contribution in [0, 0.1) is 5.82 Å². The number of nitrogens with one attached hydrogen (secondary N) is 1. The van der Waals surface area contributed by atoms with Crippen LogP contribution < -0.4 is 5.32 Å². The lowest BCUT2D eigenvalue weighted by Crippen LogP contribution is -2.44. The predicted octanol–water partition coefficient (Wildman–Crippen LogP) is 3.10. The van der Waals surface area contributed by atoms with Gasteiger partial charge in [-0.1, -0.05) is 30.3 Å². The number of carbonyl (C=O) groups is 3. The van der Waals surface area contributed by atoms with E-state index in [0.29, 0.717) is 5.39 Å². The van der Waals surface area contributed by atoms with Crippen molar-refractivity contribution in [2.24, 2.45) is 0 Å². The molecule has 0 fully saturated rings. The molecule has 0 saturated carbocycles. The largest absolute Gasteiger partial charge is 0.467 e. The van der Waals surface area contributed by atoms with Gasteiger partial charge >= 0.3 is 11.9 Å². The number of rotatable bonds is 7. The molecule has 0 aliphatic heterocycles. The number of thiophene rings is 1. The maximum absolute atomic E-state index is 13.3. The first-order chi connectivity index (χ1) is 14.0. The average molecular weight is 415 g/mol. The summed E-state index contributed by atoms with van der Waals surface area (Å²) in [6.45, 7) is -0.552. The molecule has 0 radical (unpaired) electrons. The molecule has 1 atom stereocenters. The van der Waals surface area contributed by atoms with Gasteiger partial charge in [0.05, 0.1) is 7.11 Å². The molecule has 1 amide bonds. The molecule has 0 aliphatic carbocycles. The summed E-state index contributed by atoms with van der Waals surface area (Å²) >= 11 is 1.14. The highest BCUT2D eigenvalue weighted by Gasteiger charge is 2.23. The molecule has 1 heterocycles. The number of amides is 1. The van der Waals surface area contributed by atoms with Crippen molar-refractivity contribution in [2.45, 2.75) is 12.5 Å². The molecule has 1 N–H and O–H groups in total. The van der Waals surface area contributed by atoms with E-state index in [1.54, 1.807) is 6.07 Å². The van der Waals surface area contributed by atoms with Gasteiger partial charge in [-0.3, -0.25) is 4.79 Å². The van der Waals surface area contributed by atoms with E-state index < -0.39 is 36.3 Å². The van der Waals surface area contributed by atoms with Crippen molar-refractivity contribution in [1.82, 2.24) is 5.32 Å². The van der Waals surface area contributed by atoms with E-state index in [2.05, 4.69) is 5.32 Å². The number of hydrogen-bond donors (Lipinski definition) is 1. The number of benzene rings is 2. The molecule has 150 valence electrons. The van der Waals surface area contributed by atoms with Crippen LogP contribution in [-0.4, -0.2) is 37.6 Å². The second kappa shape index (κ2) is 9.29. The van der Waals surface area contributed by atoms with Crippen LogP contribution in [0.5, 0.6) is 0 Å². The maximum Gasteiger partial charge on any atom is 0.348 e. The summed E-state index contributed by atoms with van der Waals surface area (Å²) in [6.07, 6.45) is 0.245. The molecule has 3 aromatic rings. The molecule has 0 unspecified atom stereocenters. The van der Waals surface area contributed by atoms with Crippen LogP contribution in [-0.2, 0) is 25.5 Å². The van der Waals surface area contributed by atoms with Crippen LogP contribution in [0.2, 0.25) is 0 Å². The second-order valence-electron chi connectivity index (χ2n) is 6.20. The highest BCUT2D eigenvalue weighted by molar-refractivity contribution is 7.20. The van der Waals surface area contributed by atoms with Crippen LogP contribution in [0.4, 0.5) is 4.39 Å². The van der Waals surface area contributed by atoms with Crippen molar-refractivity contribution in [3.8, 4) is 0 Å². The van der Waals surface area contributed by atoms with Gasteiger partial charge in [-0.05, 0) is 35.2 Å². The average Bonchev–Trinajstić information content (AvgIpc) is 3.15. The first-order valence-corrected chi connectivity index (χ1v) is 9.55. The zero-order valence-electron chi connectivity index (χ0n) is 15.5. The Morgan fingerprint density at radius 1 is 1.10 bits per heavy atom. The molecule has 3 rings (SSSR count). The Kier molecular flexibility index (Phi) is 6.56. The van der Waals surface area contributed by atoms with Crippen molar-refractivity contribution in [1.29, 1.82) is 0 Å². The predicted molar refractivity (Wildman–Crippen MR) is 106 cm³/mol. The van der Waals surface area contributed by atoms with Crippen molar-refractivity contribution in [3.05, 3.63) is 70.9 Å². The number of esters is 2. The van der Waals surface area contributed by atoms with Crippen LogP contribution in [0.15, 0.2) is 54.6 Å². The minimum atomic E-state index is -0.902. The molecule has 0 aliphatic rings. The number of fused-ring (bicyclic) bond motifs is 1. The lowest BCUT2D eigenvalue weighted by atomic mass is 10.1. The van der Waals surface area contributed by atoms with Gasteiger partial charge in [-0.2, -0.15) is 0 Å². The zero-order chi connectivity index (χ0) is 20.8. The van der Waals surface area contributed by atoms with Crippen molar-refractivity contribution >= 4 is 39.3 Å². The number of methoxy groups -OCH3 is 1. The van der Waals surface area contributed by atoms with Gasteiger partial charge in [0.2, 0.25) is 0 Å². The summed E-state index contributed by atoms with van der Waals surface area (Å²) in [7, 11) is 1.23. The smallest absolute Gasteiger partial charge is 0.348 e. The van der Waals surface area contributed by atoms with E-state index >= 15 is 0 Å². The minimum Gasteiger partial charge on any atom is -0.467 e. The Hall–Kier alpha value is -3.26. The topological polar surface area (TPSA) is 81.7 Å². The zero-order valence-corrected chi connectivity index (χ0v) is 16.3. The standard InChI is InChI=1S/C21H18FNO5S/c1-27-20(25)16(9-13-5-3-2-4-6-13)23-19(24)12-28-21(26)18-11-14-10-15(22)7-8-17(14)29-18/h2-8,10-11,16H,9,12H2,1H3,(H,23,24)/t16-/m0/s1. The monoisotopic (exact) mass is 415 g/mol. The molecule has 0 saturated heterocycles. The fourth-order valence-electron chi connectivity index (χ4n) is 2.74. The van der Waals surface area contributed by atoms with Gasteiger partial charge in [0.25, 0.3) is 5.91 Å². The molecular formula is C21H18FNO5S. The van der Waals surface area contributed by atoms with E-state index in [1.165, 1.54) is 25.3 Å². The molecule has 0 bridgehead atoms. The lowest BCUT2D eigenvalue weighted by molar-refractivity contribution is -0.145. The number of hydrogen-bond acceptors (Lipinski definition) is 6. The summed E-state index contributed by atoms with van der Waals surface area (Å²) in [5.74, 6) is -2.32. The first-order valence-electron chi connectivity index (χ1n) is 8.73. The van der Waals surface area contributed by atoms with E-state index in [0.717, 1.165) is 21.6 Å². The summed E-state index contributed by atoms with van der Waals surface area (Å²) in [5, 5.41) is 3.10. The van der Waals surface area contributed by atoms with E-state index in [9.17, 15) is 18.8 Å². The molecule has 8 heteroatoms. The number of ether oxygens (including phenoxy) is 2. The highest BCUT2D eigenvalue weighted by Crippen LogP contribution is 2.26. The maximum atomic E-state index is 13.3. The van der Waals surface area contributed by atoms with E-state index in [1.807, 2.05) is 30.3 Å². The second-order valence-corrected chi connectivity index (χ2v) is 7.29. The van der Waals surface area contributed by atoms with Crippen LogP contribution in [0.1, 0.15) is 15.2 Å². The highest BCUT2D eigenvalue weighted by atomic mass is 32.1. The van der Waals surface area contributed by atoms with Gasteiger partial charge in [-0.25, -0.2) is 14.0 Å². The molecule has 0 spiro atoms. The van der Waals surface area contributed by atoms with Crippen molar-refractivity contribution < 1.29 is 28.2 Å². The Bertz CT molecular complexity index is 1030. The van der Waals surface area contributed by atoms with Crippen LogP contribution in [0.3, 0.4) is 0 Å². The molecule has 6 nitrogen and oxygen atoms in total. The summed E-state index contributed by atoms with van der Waals surface area (Å²) < 4.78 is 23.8. The SMILES string of the molecule is COC(=O)[C@H](Cc1ccccc1)NC(=O)COC(=O)c1cc2cc(F)ccc2s1. The van der Waals surface area contributed by atoms with Crippen LogP contribution in [0.25, 0.3) is 10.1 Å². The third-order valence-corrected chi connectivity index (χ3v) is 5.21. The fraction of sp³-hybridized carbons (Fsp3) is 0.190. The summed E-state index contributed by atoms with van der Waals surface area (Å²) in [5.41, 5.74) is 0.845. The third kappa shape index (κ3) is 5.39. The summed E-state index contributed by atoms with van der Waals surface area (Å²) in [4.78, 5) is 36.6. The number of carbonyl (C=O) groups excluding carboxylic acids is 3. The Labute approximate surface area is 170 Å². The fourth-order valence-corrected chi connectivity index (χ4v) is 3.68. The molecule has 1 aromatic heterocycles. The van der Waals surface area contributed by atoms with E-state index in [4.69, 9.17) is 9.47 Å². The van der Waals surface area contributed by atoms with Crippen molar-refractivity contribution in [3.63, 3.8) is 0 Å². The lowest BCUT2D eigenvalue weighted by Gasteiger charge is -2.16. The van der Waals surface area contributed by atoms with E-state index in [-0.39, 0.29) is 11.3 Å². The van der Waals surface area contributed by atoms with Gasteiger partial charge in [0, 0.05) is 11.1 Å². The Morgan fingerprint density at radius 2 is 1.86 bits per heavy atom. The quantitative estimate of drug-likeness (QED) is 0.600. The van der Waals surface area contributed by atoms with Gasteiger partial charge in [0.15, 0.2) is 6.61 Å². The molecule has 2 aromatic carbocycles. The molecule has 29 heavy (non-hydrogen) atoms. The molecular weight excluding hydrogens is 397 g/mol. The Balaban J connectivity index is 1.59. The first kappa shape index (κ1) is 20.5. The van der Waals surface area contributed by atoms with Crippen molar-refractivity contribution in [2.75, 3.05) is 13.7 Å². The number of halogens is 1. The summed E-state index contributed by atoms with van der Waals surface area (Å²) in [6, 6.07) is 13.9. The van der Waals surface area contributed by atoms with Gasteiger partial charge < -0.3 is 14.8 Å². The Morgan fingerprint density at radius 3 is 2.59 bits per heavy atom. The third-order valence-electron chi connectivity index (χ3n) is 4.12. The normalized spacial score (nSPS) is 11.7. The minimum absolute atomic E-state index is 0.245.